The Morgan fingerprint density at radius 3 is 2.84 bits per heavy atom. The first kappa shape index (κ1) is 13.8. The van der Waals surface area contributed by atoms with Crippen LogP contribution in [0.2, 0.25) is 0 Å². The number of hydrogen-bond acceptors (Lipinski definition) is 6. The molecular weight excluding hydrogens is 290 g/mol. The molecule has 0 aliphatic rings. The van der Waals surface area contributed by atoms with Crippen LogP contribution in [0.15, 0.2) is 23.8 Å². The number of ether oxygens (including phenoxy) is 1. The van der Waals surface area contributed by atoms with E-state index in [4.69, 9.17) is 9.29 Å². The van der Waals surface area contributed by atoms with Crippen molar-refractivity contribution in [3.05, 3.63) is 23.8 Å². The van der Waals surface area contributed by atoms with Crippen LogP contribution in [0.5, 0.6) is 5.88 Å². The number of nitrogens with zero attached hydrogens (tertiary/aromatic N) is 3. The minimum absolute atomic E-state index is 0.0975. The van der Waals surface area contributed by atoms with Gasteiger partial charge in [0.25, 0.3) is 10.1 Å². The molecule has 0 aliphatic carbocycles. The Balaban J connectivity index is 2.10. The minimum atomic E-state index is -3.97. The molecule has 2 aromatic heterocycles. The van der Waals surface area contributed by atoms with Crippen LogP contribution in [0, 0.1) is 0 Å². The molecule has 1 N–H and O–H groups in total. The van der Waals surface area contributed by atoms with Gasteiger partial charge in [0.15, 0.2) is 12.7 Å². The van der Waals surface area contributed by atoms with Gasteiger partial charge in [0.05, 0.1) is 12.5 Å². The molecule has 19 heavy (non-hydrogen) atoms. The number of aryl methyl sites for hydroxylation is 1. The highest BCUT2D eigenvalue weighted by Gasteiger charge is 2.12. The maximum Gasteiger partial charge on any atom is 0.271 e. The average Bonchev–Trinajstić information content (AvgIpc) is 2.85. The topological polar surface area (TPSA) is 93.3 Å². The van der Waals surface area contributed by atoms with E-state index < -0.39 is 10.1 Å². The normalized spacial score (nSPS) is 11.5. The molecular formula is C10H12N3O4S2+. The van der Waals surface area contributed by atoms with Crippen molar-refractivity contribution in [2.75, 3.05) is 12.9 Å². The molecule has 0 aliphatic heterocycles. The zero-order valence-corrected chi connectivity index (χ0v) is 11.7. The Hall–Kier alpha value is -1.58. The summed E-state index contributed by atoms with van der Waals surface area (Å²) in [7, 11) is -2.43. The van der Waals surface area contributed by atoms with Gasteiger partial charge in [-0.1, -0.05) is 4.68 Å². The number of hydrogen-bond donors (Lipinski definition) is 1. The zero-order chi connectivity index (χ0) is 13.9. The molecule has 0 radical (unpaired) electrons. The van der Waals surface area contributed by atoms with Gasteiger partial charge in [-0.2, -0.15) is 8.42 Å². The van der Waals surface area contributed by atoms with Crippen molar-refractivity contribution in [3.63, 3.8) is 0 Å². The van der Waals surface area contributed by atoms with Crippen LogP contribution in [-0.2, 0) is 16.7 Å². The minimum Gasteiger partial charge on any atom is -0.480 e. The van der Waals surface area contributed by atoms with Crippen LogP contribution in [0.4, 0.5) is 0 Å². The second-order valence-electron chi connectivity index (χ2n) is 3.66. The average molecular weight is 302 g/mol. The lowest BCUT2D eigenvalue weighted by Gasteiger charge is -1.95. The lowest BCUT2D eigenvalue weighted by Crippen LogP contribution is -2.40. The first-order chi connectivity index (χ1) is 8.98. The number of thiazole rings is 1. The van der Waals surface area contributed by atoms with Crippen molar-refractivity contribution in [1.29, 1.82) is 0 Å². The molecule has 0 aromatic carbocycles. The molecule has 2 aromatic rings. The van der Waals surface area contributed by atoms with E-state index in [9.17, 15) is 8.42 Å². The van der Waals surface area contributed by atoms with Crippen molar-refractivity contribution < 1.29 is 22.4 Å². The van der Waals surface area contributed by atoms with Crippen LogP contribution in [0.3, 0.4) is 0 Å². The van der Waals surface area contributed by atoms with Crippen LogP contribution >= 0.6 is 11.3 Å². The standard InChI is InChI=1S/C10H11N3O4S2/c1-17-9-7-18-10(12-9)8-2-3-13(11-6-8)4-5-19(14,15)16/h2-3,6-7H,4-5H2,1H3/p+1. The molecule has 0 saturated heterocycles. The predicted molar refractivity (Wildman–Crippen MR) is 68.5 cm³/mol. The molecule has 102 valence electrons. The lowest BCUT2D eigenvalue weighted by molar-refractivity contribution is -0.750. The summed E-state index contributed by atoms with van der Waals surface area (Å²) in [6.45, 7) is 0.0975. The number of methoxy groups -OCH3 is 1. The van der Waals surface area contributed by atoms with Crippen LogP contribution in [0.1, 0.15) is 0 Å². The summed E-state index contributed by atoms with van der Waals surface area (Å²) in [6.07, 6.45) is 3.22. The largest absolute Gasteiger partial charge is 0.480 e. The molecule has 0 saturated carbocycles. The van der Waals surface area contributed by atoms with Gasteiger partial charge in [-0.25, -0.2) is 4.98 Å². The summed E-state index contributed by atoms with van der Waals surface area (Å²) in [5.74, 6) is 0.179. The molecule has 0 atom stereocenters. The number of rotatable bonds is 5. The highest BCUT2D eigenvalue weighted by Crippen LogP contribution is 2.25. The summed E-state index contributed by atoms with van der Waals surface area (Å²) in [6, 6.07) is 1.77. The van der Waals surface area contributed by atoms with Gasteiger partial charge in [-0.05, 0) is 5.10 Å². The third kappa shape index (κ3) is 3.94. The van der Waals surface area contributed by atoms with Crippen molar-refractivity contribution in [2.45, 2.75) is 6.54 Å². The second-order valence-corrected chi connectivity index (χ2v) is 6.09. The molecule has 2 rings (SSSR count). The van der Waals surface area contributed by atoms with E-state index >= 15 is 0 Å². The third-order valence-electron chi connectivity index (χ3n) is 2.29. The first-order valence-corrected chi connectivity index (χ1v) is 7.77. The summed E-state index contributed by atoms with van der Waals surface area (Å²) >= 11 is 1.43. The molecule has 7 nitrogen and oxygen atoms in total. The van der Waals surface area contributed by atoms with Gasteiger partial charge in [-0.3, -0.25) is 4.55 Å². The fourth-order valence-electron chi connectivity index (χ4n) is 1.34. The maximum atomic E-state index is 10.6. The van der Waals surface area contributed by atoms with Crippen molar-refractivity contribution >= 4 is 21.5 Å². The highest BCUT2D eigenvalue weighted by atomic mass is 32.2. The summed E-state index contributed by atoms with van der Waals surface area (Å²) in [4.78, 5) is 4.23. The first-order valence-electron chi connectivity index (χ1n) is 5.29. The van der Waals surface area contributed by atoms with Gasteiger partial charge in [-0.15, -0.1) is 11.3 Å². The summed E-state index contributed by atoms with van der Waals surface area (Å²) in [5.41, 5.74) is 0.816. The van der Waals surface area contributed by atoms with Gasteiger partial charge in [0.2, 0.25) is 5.88 Å². The van der Waals surface area contributed by atoms with Crippen LogP contribution in [0.25, 0.3) is 10.6 Å². The van der Waals surface area contributed by atoms with Gasteiger partial charge in [0, 0.05) is 11.6 Å². The molecule has 0 amide bonds. The van der Waals surface area contributed by atoms with Gasteiger partial charge >= 0.3 is 0 Å². The molecule has 0 fully saturated rings. The van der Waals surface area contributed by atoms with E-state index in [0.717, 1.165) is 10.6 Å². The van der Waals surface area contributed by atoms with E-state index in [1.165, 1.54) is 16.0 Å². The zero-order valence-electron chi connectivity index (χ0n) is 10.1. The van der Waals surface area contributed by atoms with Gasteiger partial charge in [0.1, 0.15) is 17.0 Å². The monoisotopic (exact) mass is 302 g/mol. The van der Waals surface area contributed by atoms with E-state index in [0.29, 0.717) is 5.88 Å². The Bertz CT molecular complexity index is 652. The second kappa shape index (κ2) is 5.59. The molecule has 2 heterocycles. The molecule has 0 unspecified atom stereocenters. The van der Waals surface area contributed by atoms with Crippen molar-refractivity contribution in [2.24, 2.45) is 0 Å². The molecule has 0 bridgehead atoms. The summed E-state index contributed by atoms with van der Waals surface area (Å²) < 4.78 is 36.3. The summed E-state index contributed by atoms with van der Waals surface area (Å²) in [5, 5.41) is 6.62. The fourth-order valence-corrected chi connectivity index (χ4v) is 2.52. The van der Waals surface area contributed by atoms with E-state index in [1.807, 2.05) is 0 Å². The Labute approximate surface area is 114 Å². The molecule has 0 spiro atoms. The Kier molecular flexibility index (Phi) is 4.08. The molecule has 9 heteroatoms. The quantitative estimate of drug-likeness (QED) is 0.634. The SMILES string of the molecule is COc1csc(-c2cc[n+](CCS(=O)(=O)O)nc2)n1. The van der Waals surface area contributed by atoms with E-state index in [2.05, 4.69) is 10.1 Å². The Morgan fingerprint density at radius 2 is 2.32 bits per heavy atom. The highest BCUT2D eigenvalue weighted by molar-refractivity contribution is 7.85. The van der Waals surface area contributed by atoms with Crippen LogP contribution in [-0.4, -0.2) is 35.9 Å². The number of aromatic nitrogens is 3. The van der Waals surface area contributed by atoms with Crippen molar-refractivity contribution in [1.82, 2.24) is 10.1 Å². The lowest BCUT2D eigenvalue weighted by atomic mass is 10.3. The fraction of sp³-hybridized carbons (Fsp3) is 0.300. The van der Waals surface area contributed by atoms with E-state index in [-0.39, 0.29) is 12.3 Å². The third-order valence-corrected chi connectivity index (χ3v) is 3.86. The maximum absolute atomic E-state index is 10.6. The van der Waals surface area contributed by atoms with Crippen molar-refractivity contribution in [3.8, 4) is 16.5 Å². The predicted octanol–water partition coefficient (Wildman–Crippen LogP) is 0.389. The Morgan fingerprint density at radius 1 is 1.53 bits per heavy atom. The van der Waals surface area contributed by atoms with Crippen LogP contribution < -0.4 is 9.42 Å². The van der Waals surface area contributed by atoms with E-state index in [1.54, 1.807) is 30.9 Å². The van der Waals surface area contributed by atoms with Gasteiger partial charge < -0.3 is 4.74 Å². The smallest absolute Gasteiger partial charge is 0.271 e.